The van der Waals surface area contributed by atoms with Crippen molar-refractivity contribution < 1.29 is 35.1 Å². The van der Waals surface area contributed by atoms with Gasteiger partial charge in [0.1, 0.15) is 11.6 Å². The van der Waals surface area contributed by atoms with Gasteiger partial charge >= 0.3 is 12.4 Å². The Balaban J connectivity index is 1.19. The fourth-order valence-electron chi connectivity index (χ4n) is 9.95. The van der Waals surface area contributed by atoms with E-state index in [0.717, 1.165) is 79.5 Å². The van der Waals surface area contributed by atoms with Gasteiger partial charge in [-0.3, -0.25) is 0 Å². The van der Waals surface area contributed by atoms with E-state index in [1.165, 1.54) is 48.5 Å². The van der Waals surface area contributed by atoms with Gasteiger partial charge in [0.05, 0.1) is 22.2 Å². The Bertz CT molecular complexity index is 3300. The number of rotatable bonds is 6. The van der Waals surface area contributed by atoms with Crippen molar-refractivity contribution in [3.63, 3.8) is 0 Å². The first kappa shape index (κ1) is 40.1. The van der Waals surface area contributed by atoms with Crippen LogP contribution in [0.15, 0.2) is 194 Å². The van der Waals surface area contributed by atoms with Gasteiger partial charge in [-0.25, -0.2) is 8.78 Å². The average Bonchev–Trinajstić information content (AvgIpc) is 3.59. The van der Waals surface area contributed by atoms with E-state index in [9.17, 15) is 35.1 Å². The van der Waals surface area contributed by atoms with Crippen molar-refractivity contribution in [1.29, 1.82) is 0 Å². The minimum Gasteiger partial charge on any atom is -0.310 e. The van der Waals surface area contributed by atoms with Gasteiger partial charge in [0, 0.05) is 33.8 Å². The summed E-state index contributed by atoms with van der Waals surface area (Å²) < 4.78 is 112. The first-order chi connectivity index (χ1) is 31.3. The summed E-state index contributed by atoms with van der Waals surface area (Å²) in [6, 6.07) is 53.7. The lowest BCUT2D eigenvalue weighted by atomic mass is 9.61. The first-order valence-corrected chi connectivity index (χ1v) is 20.7. The van der Waals surface area contributed by atoms with Crippen molar-refractivity contribution in [2.24, 2.45) is 0 Å². The van der Waals surface area contributed by atoms with Crippen LogP contribution in [0, 0.1) is 11.6 Å². The lowest BCUT2D eigenvalue weighted by Gasteiger charge is -2.41. The summed E-state index contributed by atoms with van der Waals surface area (Å²) in [5.41, 5.74) is 8.29. The maximum absolute atomic E-state index is 14.4. The molecule has 9 aromatic carbocycles. The van der Waals surface area contributed by atoms with Crippen molar-refractivity contribution in [2.75, 3.05) is 9.80 Å². The minimum absolute atomic E-state index is 0.430. The van der Waals surface area contributed by atoms with Crippen LogP contribution in [0.3, 0.4) is 0 Å². The molecule has 2 nitrogen and oxygen atoms in total. The number of fused-ring (bicyclic) bond motifs is 9. The highest BCUT2D eigenvalue weighted by atomic mass is 19.4. The van der Waals surface area contributed by atoms with Gasteiger partial charge in [-0.05, 0) is 165 Å². The normalized spacial score (nSPS) is 14.8. The standard InChI is InChI=1S/C55H32F8N2/c56-35-16-24-38(25-17-35)64(37-20-12-33(13-21-37)54(58,59)60)41-28-29-44-42-6-1-3-9-47(42)53(50(44)32-41)48-10-4-2-7-43(48)45-30-31-51(46-8-5-11-49(53)52(45)46)65(40-26-18-36(57)19-27-40)39-22-14-34(15-23-39)55(61,62)63/h1-32H. The third-order valence-corrected chi connectivity index (χ3v) is 12.6. The molecule has 0 N–H and O–H groups in total. The van der Waals surface area contributed by atoms with Gasteiger partial charge in [0.2, 0.25) is 0 Å². The summed E-state index contributed by atoms with van der Waals surface area (Å²) >= 11 is 0. The first-order valence-electron chi connectivity index (χ1n) is 20.7. The number of hydrogen-bond donors (Lipinski definition) is 0. The molecule has 9 aromatic rings. The number of halogens is 8. The van der Waals surface area contributed by atoms with Crippen LogP contribution in [0.2, 0.25) is 0 Å². The smallest absolute Gasteiger partial charge is 0.310 e. The van der Waals surface area contributed by atoms with Crippen LogP contribution in [-0.2, 0) is 17.8 Å². The topological polar surface area (TPSA) is 6.48 Å². The molecule has 2 aliphatic carbocycles. The molecule has 0 heterocycles. The number of alkyl halides is 6. The quantitative estimate of drug-likeness (QED) is 0.154. The predicted octanol–water partition coefficient (Wildman–Crippen LogP) is 16.4. The van der Waals surface area contributed by atoms with Crippen LogP contribution >= 0.6 is 0 Å². The molecule has 1 unspecified atom stereocenters. The van der Waals surface area contributed by atoms with E-state index in [1.54, 1.807) is 24.3 Å². The number of hydrogen-bond acceptors (Lipinski definition) is 2. The zero-order valence-electron chi connectivity index (χ0n) is 33.9. The van der Waals surface area contributed by atoms with Crippen LogP contribution in [-0.4, -0.2) is 0 Å². The summed E-state index contributed by atoms with van der Waals surface area (Å²) in [4.78, 5) is 3.64. The van der Waals surface area contributed by atoms with Crippen molar-refractivity contribution >= 4 is 44.9 Å². The molecule has 0 amide bonds. The summed E-state index contributed by atoms with van der Waals surface area (Å²) in [6.07, 6.45) is -9.10. The fraction of sp³-hybridized carbons (Fsp3) is 0.0545. The molecule has 0 aromatic heterocycles. The van der Waals surface area contributed by atoms with E-state index in [-0.39, 0.29) is 0 Å². The molecular formula is C55H32F8N2. The molecule has 0 saturated carbocycles. The van der Waals surface area contributed by atoms with Crippen LogP contribution in [0.5, 0.6) is 0 Å². The summed E-state index contributed by atoms with van der Waals surface area (Å²) in [5.74, 6) is -0.934. The summed E-state index contributed by atoms with van der Waals surface area (Å²) in [6.45, 7) is 0. The molecule has 65 heavy (non-hydrogen) atoms. The van der Waals surface area contributed by atoms with Gasteiger partial charge < -0.3 is 9.80 Å². The van der Waals surface area contributed by atoms with Crippen LogP contribution in [0.25, 0.3) is 33.0 Å². The Hall–Kier alpha value is -7.72. The highest BCUT2D eigenvalue weighted by Gasteiger charge is 2.50. The van der Waals surface area contributed by atoms with Gasteiger partial charge in [-0.2, -0.15) is 26.3 Å². The lowest BCUT2D eigenvalue weighted by molar-refractivity contribution is -0.138. The number of nitrogens with zero attached hydrogens (tertiary/aromatic N) is 2. The van der Waals surface area contributed by atoms with Crippen molar-refractivity contribution in [3.05, 3.63) is 239 Å². The lowest BCUT2D eigenvalue weighted by Crippen LogP contribution is -2.32. The zero-order valence-corrected chi connectivity index (χ0v) is 33.9. The molecule has 1 spiro atoms. The molecule has 0 radical (unpaired) electrons. The van der Waals surface area contributed by atoms with Gasteiger partial charge in [-0.1, -0.05) is 78.9 Å². The highest BCUT2D eigenvalue weighted by Crippen LogP contribution is 2.63. The van der Waals surface area contributed by atoms with E-state index in [4.69, 9.17) is 0 Å². The van der Waals surface area contributed by atoms with Gasteiger partial charge in [-0.15, -0.1) is 0 Å². The Morgan fingerprint density at radius 2 is 0.754 bits per heavy atom. The van der Waals surface area contributed by atoms with E-state index in [2.05, 4.69) is 36.4 Å². The van der Waals surface area contributed by atoms with Crippen LogP contribution in [0.4, 0.5) is 69.2 Å². The molecule has 2 aliphatic rings. The zero-order chi connectivity index (χ0) is 44.8. The molecule has 0 bridgehead atoms. The van der Waals surface area contributed by atoms with Crippen LogP contribution in [0.1, 0.15) is 33.4 Å². The SMILES string of the molecule is Fc1ccc(N(c2ccc(C(F)(F)F)cc2)c2ccc3c(c2)C2(c4ccccc4-3)c3ccccc3-c3ccc(N(c4ccc(F)cc4)c4ccc(C(F)(F)F)cc4)c4cccc2c34)cc1. The molecule has 0 saturated heterocycles. The van der Waals surface area contributed by atoms with Gasteiger partial charge in [0.15, 0.2) is 0 Å². The number of benzene rings is 9. The second-order valence-electron chi connectivity index (χ2n) is 16.1. The molecule has 1 atom stereocenters. The molecule has 0 aliphatic heterocycles. The highest BCUT2D eigenvalue weighted by molar-refractivity contribution is 6.12. The van der Waals surface area contributed by atoms with Gasteiger partial charge in [0.25, 0.3) is 0 Å². The van der Waals surface area contributed by atoms with E-state index >= 15 is 0 Å². The maximum Gasteiger partial charge on any atom is 0.416 e. The number of anilines is 6. The van der Waals surface area contributed by atoms with Crippen molar-refractivity contribution in [2.45, 2.75) is 17.8 Å². The van der Waals surface area contributed by atoms with E-state index in [0.29, 0.717) is 34.1 Å². The Morgan fingerprint density at radius 3 is 1.28 bits per heavy atom. The molecule has 11 rings (SSSR count). The fourth-order valence-corrected chi connectivity index (χ4v) is 9.95. The largest absolute Gasteiger partial charge is 0.416 e. The predicted molar refractivity (Wildman–Crippen MR) is 240 cm³/mol. The summed E-state index contributed by atoms with van der Waals surface area (Å²) in [7, 11) is 0. The summed E-state index contributed by atoms with van der Waals surface area (Å²) in [5, 5.41) is 1.69. The van der Waals surface area contributed by atoms with E-state index < -0.39 is 40.5 Å². The molecule has 10 heteroatoms. The minimum atomic E-state index is -4.55. The third-order valence-electron chi connectivity index (χ3n) is 12.6. The Labute approximate surface area is 367 Å². The van der Waals surface area contributed by atoms with Crippen molar-refractivity contribution in [3.8, 4) is 22.3 Å². The van der Waals surface area contributed by atoms with E-state index in [1.807, 2.05) is 70.5 Å². The molecule has 318 valence electrons. The monoisotopic (exact) mass is 872 g/mol. The third kappa shape index (κ3) is 6.30. The second-order valence-corrected chi connectivity index (χ2v) is 16.1. The van der Waals surface area contributed by atoms with Crippen LogP contribution < -0.4 is 9.80 Å². The maximum atomic E-state index is 14.4. The Kier molecular flexibility index (Phi) is 9.05. The van der Waals surface area contributed by atoms with Crippen molar-refractivity contribution in [1.82, 2.24) is 0 Å². The average molecular weight is 873 g/mol. The Morgan fingerprint density at radius 1 is 0.338 bits per heavy atom. The second kappa shape index (κ2) is 14.7. The molecule has 0 fully saturated rings. The molecular weight excluding hydrogens is 841 g/mol.